The second-order valence-electron chi connectivity index (χ2n) is 2.76. The quantitative estimate of drug-likeness (QED) is 0.460. The number of nitrogens with two attached hydrogens (primary N) is 1. The van der Waals surface area contributed by atoms with Crippen LogP contribution in [0, 0.1) is 5.41 Å². The average Bonchev–Trinajstić information content (AvgIpc) is 2.33. The normalized spacial score (nSPS) is 10.5. The molecule has 0 unspecified atom stereocenters. The van der Waals surface area contributed by atoms with Crippen LogP contribution in [0.4, 0.5) is 0 Å². The van der Waals surface area contributed by atoms with Gasteiger partial charge in [-0.25, -0.2) is 4.68 Å². The summed E-state index contributed by atoms with van der Waals surface area (Å²) in [5.74, 6) is 0.389. The fraction of sp³-hybridized carbons (Fsp3) is 0.429. The van der Waals surface area contributed by atoms with Crippen molar-refractivity contribution < 1.29 is 0 Å². The van der Waals surface area contributed by atoms with Crippen molar-refractivity contribution >= 4 is 5.96 Å². The van der Waals surface area contributed by atoms with E-state index in [0.717, 1.165) is 5.56 Å². The highest BCUT2D eigenvalue weighted by molar-refractivity contribution is 5.76. The van der Waals surface area contributed by atoms with E-state index in [1.165, 1.54) is 4.68 Å². The number of nitrogens with one attached hydrogen (secondary N) is 1. The first-order chi connectivity index (χ1) is 5.11. The summed E-state index contributed by atoms with van der Waals surface area (Å²) in [4.78, 5) is 0. The molecule has 0 aliphatic carbocycles. The molecule has 1 rings (SSSR count). The fourth-order valence-corrected chi connectivity index (χ4v) is 0.767. The molecule has 0 spiro atoms. The van der Waals surface area contributed by atoms with E-state index in [1.807, 2.05) is 0 Å². The lowest BCUT2D eigenvalue weighted by molar-refractivity contribution is 0.864. The minimum atomic E-state index is -0.0445. The summed E-state index contributed by atoms with van der Waals surface area (Å²) in [6.45, 7) is 4.14. The number of hydrogen-bond acceptors (Lipinski definition) is 2. The predicted octanol–water partition coefficient (Wildman–Crippen LogP) is 0.748. The van der Waals surface area contributed by atoms with Crippen molar-refractivity contribution in [3.05, 3.63) is 18.0 Å². The van der Waals surface area contributed by atoms with E-state index in [9.17, 15) is 0 Å². The first-order valence-electron chi connectivity index (χ1n) is 3.50. The molecule has 0 radical (unpaired) electrons. The van der Waals surface area contributed by atoms with Crippen molar-refractivity contribution in [2.75, 3.05) is 0 Å². The third kappa shape index (κ3) is 1.58. The van der Waals surface area contributed by atoms with Crippen molar-refractivity contribution in [3.8, 4) is 0 Å². The Balaban J connectivity index is 2.90. The smallest absolute Gasteiger partial charge is 0.213 e. The zero-order chi connectivity index (χ0) is 8.43. The Kier molecular flexibility index (Phi) is 1.94. The second kappa shape index (κ2) is 2.74. The fourth-order valence-electron chi connectivity index (χ4n) is 0.767. The highest BCUT2D eigenvalue weighted by Crippen LogP contribution is 2.11. The summed E-state index contributed by atoms with van der Waals surface area (Å²) in [5.41, 5.74) is 6.31. The van der Waals surface area contributed by atoms with Crippen molar-refractivity contribution in [1.82, 2.24) is 9.78 Å². The maximum absolute atomic E-state index is 7.07. The van der Waals surface area contributed by atoms with Crippen molar-refractivity contribution in [1.29, 1.82) is 5.41 Å². The van der Waals surface area contributed by atoms with Crippen LogP contribution in [0.15, 0.2) is 12.4 Å². The first-order valence-corrected chi connectivity index (χ1v) is 3.50. The van der Waals surface area contributed by atoms with E-state index in [4.69, 9.17) is 11.1 Å². The highest BCUT2D eigenvalue weighted by atomic mass is 15.3. The van der Waals surface area contributed by atoms with Crippen LogP contribution >= 0.6 is 0 Å². The number of hydrogen-bond donors (Lipinski definition) is 2. The maximum Gasteiger partial charge on any atom is 0.213 e. The lowest BCUT2D eigenvalue weighted by Gasteiger charge is -1.97. The molecule has 0 amide bonds. The summed E-state index contributed by atoms with van der Waals surface area (Å²) in [6.07, 6.45) is 3.50. The monoisotopic (exact) mass is 152 g/mol. The zero-order valence-corrected chi connectivity index (χ0v) is 6.70. The van der Waals surface area contributed by atoms with E-state index >= 15 is 0 Å². The molecule has 4 nitrogen and oxygen atoms in total. The molecule has 0 fully saturated rings. The summed E-state index contributed by atoms with van der Waals surface area (Å²) >= 11 is 0. The van der Waals surface area contributed by atoms with Crippen molar-refractivity contribution in [2.24, 2.45) is 5.73 Å². The average molecular weight is 152 g/mol. The molecule has 0 aromatic carbocycles. The number of nitrogen functional groups attached to an aromatic ring is 1. The number of rotatable bonds is 1. The van der Waals surface area contributed by atoms with Gasteiger partial charge in [0.15, 0.2) is 0 Å². The van der Waals surface area contributed by atoms with Gasteiger partial charge in [-0.05, 0) is 11.5 Å². The maximum atomic E-state index is 7.07. The van der Waals surface area contributed by atoms with Gasteiger partial charge in [-0.15, -0.1) is 0 Å². The molecule has 0 atom stereocenters. The summed E-state index contributed by atoms with van der Waals surface area (Å²) in [6, 6.07) is 0. The molecular weight excluding hydrogens is 140 g/mol. The Labute approximate surface area is 65.5 Å². The van der Waals surface area contributed by atoms with Gasteiger partial charge in [0.25, 0.3) is 0 Å². The Hall–Kier alpha value is -1.32. The van der Waals surface area contributed by atoms with Crippen LogP contribution in [0.2, 0.25) is 0 Å². The van der Waals surface area contributed by atoms with Crippen LogP contribution in [0.25, 0.3) is 0 Å². The van der Waals surface area contributed by atoms with Gasteiger partial charge in [-0.1, -0.05) is 13.8 Å². The van der Waals surface area contributed by atoms with E-state index < -0.39 is 0 Å². The van der Waals surface area contributed by atoms with Crippen LogP contribution in [-0.4, -0.2) is 15.7 Å². The highest BCUT2D eigenvalue weighted by Gasteiger charge is 2.02. The molecule has 3 N–H and O–H groups in total. The Morgan fingerprint density at radius 1 is 1.73 bits per heavy atom. The lowest BCUT2D eigenvalue weighted by atomic mass is 10.1. The third-order valence-electron chi connectivity index (χ3n) is 1.52. The van der Waals surface area contributed by atoms with Gasteiger partial charge < -0.3 is 5.73 Å². The molecule has 60 valence electrons. The zero-order valence-electron chi connectivity index (χ0n) is 6.70. The van der Waals surface area contributed by atoms with Crippen LogP contribution < -0.4 is 5.73 Å². The number of nitrogens with zero attached hydrogens (tertiary/aromatic N) is 2. The molecule has 0 saturated heterocycles. The molecule has 1 aromatic heterocycles. The van der Waals surface area contributed by atoms with Gasteiger partial charge >= 0.3 is 0 Å². The SMILES string of the molecule is CC(C)c1cnn(C(=N)N)c1. The molecule has 1 aromatic rings. The standard InChI is InChI=1S/C7H12N4/c1-5(2)6-3-10-11(4-6)7(8)9/h3-5H,1-2H3,(H3,8,9). The van der Waals surface area contributed by atoms with Crippen LogP contribution in [0.5, 0.6) is 0 Å². The molecule has 11 heavy (non-hydrogen) atoms. The molecule has 0 aliphatic rings. The largest absolute Gasteiger partial charge is 0.368 e. The van der Waals surface area contributed by atoms with E-state index in [-0.39, 0.29) is 5.96 Å². The summed E-state index contributed by atoms with van der Waals surface area (Å²) < 4.78 is 1.36. The van der Waals surface area contributed by atoms with E-state index in [2.05, 4.69) is 18.9 Å². The lowest BCUT2D eigenvalue weighted by Crippen LogP contribution is -2.20. The molecule has 0 aliphatic heterocycles. The summed E-state index contributed by atoms with van der Waals surface area (Å²) in [5, 5.41) is 11.0. The third-order valence-corrected chi connectivity index (χ3v) is 1.52. The first kappa shape index (κ1) is 7.78. The van der Waals surface area contributed by atoms with E-state index in [0.29, 0.717) is 5.92 Å². The van der Waals surface area contributed by atoms with Crippen LogP contribution in [0.3, 0.4) is 0 Å². The Morgan fingerprint density at radius 2 is 2.36 bits per heavy atom. The van der Waals surface area contributed by atoms with E-state index in [1.54, 1.807) is 12.4 Å². The van der Waals surface area contributed by atoms with Crippen LogP contribution in [-0.2, 0) is 0 Å². The van der Waals surface area contributed by atoms with Crippen LogP contribution in [0.1, 0.15) is 25.3 Å². The minimum Gasteiger partial charge on any atom is -0.368 e. The molecule has 0 saturated carbocycles. The van der Waals surface area contributed by atoms with Gasteiger partial charge in [-0.3, -0.25) is 5.41 Å². The second-order valence-corrected chi connectivity index (χ2v) is 2.76. The van der Waals surface area contributed by atoms with Gasteiger partial charge in [-0.2, -0.15) is 5.10 Å². The Bertz CT molecular complexity index is 261. The molecule has 4 heteroatoms. The van der Waals surface area contributed by atoms with Gasteiger partial charge in [0.2, 0.25) is 5.96 Å². The van der Waals surface area contributed by atoms with Gasteiger partial charge in [0.1, 0.15) is 0 Å². The number of aromatic nitrogens is 2. The van der Waals surface area contributed by atoms with Gasteiger partial charge in [0, 0.05) is 6.20 Å². The summed E-state index contributed by atoms with van der Waals surface area (Å²) in [7, 11) is 0. The van der Waals surface area contributed by atoms with Gasteiger partial charge in [0.05, 0.1) is 6.20 Å². The topological polar surface area (TPSA) is 67.7 Å². The molecule has 0 bridgehead atoms. The molecule has 1 heterocycles. The predicted molar refractivity (Wildman–Crippen MR) is 43.6 cm³/mol. The Morgan fingerprint density at radius 3 is 2.64 bits per heavy atom. The van der Waals surface area contributed by atoms with Crippen molar-refractivity contribution in [3.63, 3.8) is 0 Å². The minimum absolute atomic E-state index is 0.0445. The molecular formula is C7H12N4. The van der Waals surface area contributed by atoms with Crippen molar-refractivity contribution in [2.45, 2.75) is 19.8 Å².